The minimum Gasteiger partial charge on any atom is -0.488 e. The van der Waals surface area contributed by atoms with Crippen LogP contribution < -0.4 is 9.64 Å². The molecule has 1 fully saturated rings. The van der Waals surface area contributed by atoms with E-state index < -0.39 is 0 Å². The molecule has 1 atom stereocenters. The lowest BCUT2D eigenvalue weighted by atomic mass is 10.0. The van der Waals surface area contributed by atoms with Gasteiger partial charge in [0.25, 0.3) is 0 Å². The van der Waals surface area contributed by atoms with E-state index in [1.165, 1.54) is 5.56 Å². The van der Waals surface area contributed by atoms with Crippen molar-refractivity contribution in [3.05, 3.63) is 54.2 Å². The summed E-state index contributed by atoms with van der Waals surface area (Å²) in [7, 11) is 0. The molecule has 0 saturated carbocycles. The summed E-state index contributed by atoms with van der Waals surface area (Å²) < 4.78 is 11.3. The van der Waals surface area contributed by atoms with E-state index in [1.807, 2.05) is 18.3 Å². The van der Waals surface area contributed by atoms with Crippen molar-refractivity contribution in [1.82, 2.24) is 9.88 Å². The fourth-order valence-electron chi connectivity index (χ4n) is 3.46. The zero-order valence-corrected chi connectivity index (χ0v) is 13.8. The Morgan fingerprint density at radius 3 is 2.62 bits per heavy atom. The molecule has 24 heavy (non-hydrogen) atoms. The fraction of sp³-hybridized carbons (Fsp3) is 0.421. The van der Waals surface area contributed by atoms with Crippen LogP contribution in [0.15, 0.2) is 48.7 Å². The molecule has 5 nitrogen and oxygen atoms in total. The Labute approximate surface area is 142 Å². The first-order chi connectivity index (χ1) is 11.9. The third-order valence-corrected chi connectivity index (χ3v) is 4.71. The number of hydrogen-bond donors (Lipinski definition) is 0. The van der Waals surface area contributed by atoms with Crippen molar-refractivity contribution in [3.8, 4) is 5.75 Å². The third kappa shape index (κ3) is 3.23. The van der Waals surface area contributed by atoms with Crippen molar-refractivity contribution < 1.29 is 9.47 Å². The minimum absolute atomic E-state index is 0.266. The van der Waals surface area contributed by atoms with Gasteiger partial charge in [-0.05, 0) is 17.7 Å². The zero-order valence-electron chi connectivity index (χ0n) is 13.8. The quantitative estimate of drug-likeness (QED) is 0.863. The van der Waals surface area contributed by atoms with Crippen molar-refractivity contribution in [2.24, 2.45) is 0 Å². The van der Waals surface area contributed by atoms with Crippen LogP contribution in [-0.2, 0) is 4.74 Å². The van der Waals surface area contributed by atoms with Crippen LogP contribution in [0.5, 0.6) is 5.75 Å². The van der Waals surface area contributed by atoms with Gasteiger partial charge < -0.3 is 14.4 Å². The maximum absolute atomic E-state index is 5.79. The van der Waals surface area contributed by atoms with Gasteiger partial charge in [-0.25, -0.2) is 4.98 Å². The molecular weight excluding hydrogens is 302 g/mol. The number of pyridine rings is 1. The molecule has 1 unspecified atom stereocenters. The number of ether oxygens (including phenoxy) is 2. The van der Waals surface area contributed by atoms with Gasteiger partial charge in [-0.15, -0.1) is 0 Å². The van der Waals surface area contributed by atoms with E-state index in [4.69, 9.17) is 9.47 Å². The molecule has 1 aromatic heterocycles. The molecule has 3 heterocycles. The molecule has 2 aromatic rings. The molecule has 0 radical (unpaired) electrons. The number of hydrogen-bond acceptors (Lipinski definition) is 5. The van der Waals surface area contributed by atoms with E-state index in [0.29, 0.717) is 6.61 Å². The lowest BCUT2D eigenvalue weighted by Gasteiger charge is -2.40. The summed E-state index contributed by atoms with van der Waals surface area (Å²) in [5, 5.41) is 0. The topological polar surface area (TPSA) is 37.8 Å². The van der Waals surface area contributed by atoms with Gasteiger partial charge in [-0.3, -0.25) is 4.90 Å². The lowest BCUT2D eigenvalue weighted by molar-refractivity contribution is 0.0345. The van der Waals surface area contributed by atoms with Gasteiger partial charge in [0.1, 0.15) is 6.61 Å². The average Bonchev–Trinajstić information content (AvgIpc) is 2.67. The van der Waals surface area contributed by atoms with Gasteiger partial charge in [-0.1, -0.05) is 30.3 Å². The van der Waals surface area contributed by atoms with Gasteiger partial charge in [-0.2, -0.15) is 0 Å². The van der Waals surface area contributed by atoms with Crippen LogP contribution in [0.4, 0.5) is 5.82 Å². The summed E-state index contributed by atoms with van der Waals surface area (Å²) in [6.07, 6.45) is 1.84. The number of benzene rings is 1. The Morgan fingerprint density at radius 1 is 0.958 bits per heavy atom. The van der Waals surface area contributed by atoms with E-state index in [9.17, 15) is 0 Å². The largest absolute Gasteiger partial charge is 0.488 e. The van der Waals surface area contributed by atoms with Crippen molar-refractivity contribution in [3.63, 3.8) is 0 Å². The number of rotatable bonds is 4. The second kappa shape index (κ2) is 7.20. The van der Waals surface area contributed by atoms with Gasteiger partial charge in [0.15, 0.2) is 11.6 Å². The molecule has 126 valence electrons. The van der Waals surface area contributed by atoms with E-state index in [2.05, 4.69) is 45.1 Å². The first-order valence-corrected chi connectivity index (χ1v) is 8.61. The van der Waals surface area contributed by atoms with Crippen molar-refractivity contribution in [2.75, 3.05) is 50.9 Å². The molecular formula is C19H23N3O2. The Morgan fingerprint density at radius 2 is 1.79 bits per heavy atom. The molecule has 2 aliphatic rings. The SMILES string of the molecule is c1ccc(C(CN2CCOCC2)N2CCOc3cccnc32)cc1. The molecule has 1 aromatic carbocycles. The number of anilines is 1. The average molecular weight is 325 g/mol. The van der Waals surface area contributed by atoms with Crippen LogP contribution in [0.3, 0.4) is 0 Å². The number of morpholine rings is 1. The van der Waals surface area contributed by atoms with Crippen LogP contribution in [0.25, 0.3) is 0 Å². The zero-order chi connectivity index (χ0) is 16.2. The summed E-state index contributed by atoms with van der Waals surface area (Å²) in [5.74, 6) is 1.83. The second-order valence-electron chi connectivity index (χ2n) is 6.21. The van der Waals surface area contributed by atoms with Crippen LogP contribution >= 0.6 is 0 Å². The molecule has 0 aliphatic carbocycles. The van der Waals surface area contributed by atoms with E-state index in [-0.39, 0.29) is 6.04 Å². The summed E-state index contributed by atoms with van der Waals surface area (Å²) in [5.41, 5.74) is 1.32. The van der Waals surface area contributed by atoms with Crippen molar-refractivity contribution in [1.29, 1.82) is 0 Å². The maximum atomic E-state index is 5.79. The standard InChI is InChI=1S/C19H23N3O2/c1-2-5-16(6-3-1)17(15-21-9-12-23-13-10-21)22-11-14-24-18-7-4-8-20-19(18)22/h1-8,17H,9-15H2. The Kier molecular flexibility index (Phi) is 4.62. The molecule has 0 bridgehead atoms. The fourth-order valence-corrected chi connectivity index (χ4v) is 3.46. The van der Waals surface area contributed by atoms with Gasteiger partial charge in [0.2, 0.25) is 0 Å². The van der Waals surface area contributed by atoms with E-state index >= 15 is 0 Å². The molecule has 0 amide bonds. The predicted molar refractivity (Wildman–Crippen MR) is 93.5 cm³/mol. The Bertz CT molecular complexity index is 659. The third-order valence-electron chi connectivity index (χ3n) is 4.71. The van der Waals surface area contributed by atoms with E-state index in [1.54, 1.807) is 0 Å². The summed E-state index contributed by atoms with van der Waals surface area (Å²) in [4.78, 5) is 9.48. The molecule has 2 aliphatic heterocycles. The molecule has 0 N–H and O–H groups in total. The van der Waals surface area contributed by atoms with Gasteiger partial charge >= 0.3 is 0 Å². The molecule has 5 heteroatoms. The molecule has 1 saturated heterocycles. The highest BCUT2D eigenvalue weighted by Crippen LogP contribution is 2.35. The Balaban J connectivity index is 1.65. The maximum Gasteiger partial charge on any atom is 0.172 e. The summed E-state index contributed by atoms with van der Waals surface area (Å²) in [6.45, 7) is 6.15. The van der Waals surface area contributed by atoms with Gasteiger partial charge in [0, 0.05) is 25.8 Å². The highest BCUT2D eigenvalue weighted by atomic mass is 16.5. The number of aromatic nitrogens is 1. The summed E-state index contributed by atoms with van der Waals surface area (Å²) in [6, 6.07) is 14.9. The smallest absolute Gasteiger partial charge is 0.172 e. The summed E-state index contributed by atoms with van der Waals surface area (Å²) >= 11 is 0. The van der Waals surface area contributed by atoms with Crippen LogP contribution in [0.2, 0.25) is 0 Å². The monoisotopic (exact) mass is 325 g/mol. The minimum atomic E-state index is 0.266. The van der Waals surface area contributed by atoms with Crippen LogP contribution in [0, 0.1) is 0 Å². The second-order valence-corrected chi connectivity index (χ2v) is 6.21. The normalized spacial score (nSPS) is 19.4. The van der Waals surface area contributed by atoms with Crippen molar-refractivity contribution in [2.45, 2.75) is 6.04 Å². The number of fused-ring (bicyclic) bond motifs is 1. The highest BCUT2D eigenvalue weighted by molar-refractivity contribution is 5.55. The predicted octanol–water partition coefficient (Wildman–Crippen LogP) is 2.35. The Hall–Kier alpha value is -2.11. The van der Waals surface area contributed by atoms with Crippen molar-refractivity contribution >= 4 is 5.82 Å². The highest BCUT2D eigenvalue weighted by Gasteiger charge is 2.29. The first-order valence-electron chi connectivity index (χ1n) is 8.61. The molecule has 0 spiro atoms. The number of nitrogens with zero attached hydrogens (tertiary/aromatic N) is 3. The van der Waals surface area contributed by atoms with Gasteiger partial charge in [0.05, 0.1) is 25.8 Å². The van der Waals surface area contributed by atoms with Crippen LogP contribution in [0.1, 0.15) is 11.6 Å². The van der Waals surface area contributed by atoms with Crippen LogP contribution in [-0.4, -0.2) is 55.9 Å². The van der Waals surface area contributed by atoms with E-state index in [0.717, 1.165) is 51.0 Å². The first kappa shape index (κ1) is 15.4. The molecule has 4 rings (SSSR count). The lowest BCUT2D eigenvalue weighted by Crippen LogP contribution is -2.45.